The van der Waals surface area contributed by atoms with E-state index in [1.165, 1.54) is 18.4 Å². The number of sulfone groups is 1. The molecule has 2 heterocycles. The minimum atomic E-state index is -2.88. The normalized spacial score (nSPS) is 25.0. The highest BCUT2D eigenvalue weighted by atomic mass is 32.2. The molecule has 0 bridgehead atoms. The molecule has 3 rings (SSSR count). The van der Waals surface area contributed by atoms with Gasteiger partial charge in [0.2, 0.25) is 0 Å². The maximum Gasteiger partial charge on any atom is 0.154 e. The molecule has 1 unspecified atom stereocenters. The van der Waals surface area contributed by atoms with E-state index in [2.05, 4.69) is 28.2 Å². The quantitative estimate of drug-likeness (QED) is 0.907. The lowest BCUT2D eigenvalue weighted by atomic mass is 10.1. The van der Waals surface area contributed by atoms with Gasteiger partial charge in [-0.25, -0.2) is 13.4 Å². The van der Waals surface area contributed by atoms with Gasteiger partial charge in [0.05, 0.1) is 11.5 Å². The molecule has 0 aromatic carbocycles. The van der Waals surface area contributed by atoms with Crippen LogP contribution in [0.15, 0.2) is 12.3 Å². The first kappa shape index (κ1) is 14.8. The molecule has 0 amide bonds. The second kappa shape index (κ2) is 5.57. The molecule has 2 fully saturated rings. The van der Waals surface area contributed by atoms with E-state index in [1.807, 2.05) is 13.1 Å². The van der Waals surface area contributed by atoms with E-state index < -0.39 is 9.84 Å². The number of aryl methyl sites for hydroxylation is 1. The topological polar surface area (TPSA) is 62.3 Å². The Labute approximate surface area is 126 Å². The molecule has 1 aliphatic heterocycles. The lowest BCUT2D eigenvalue weighted by molar-refractivity contribution is 0.566. The molecule has 5 nitrogen and oxygen atoms in total. The van der Waals surface area contributed by atoms with Gasteiger partial charge in [0.15, 0.2) is 9.84 Å². The van der Waals surface area contributed by atoms with Gasteiger partial charge in [-0.05, 0) is 43.9 Å². The van der Waals surface area contributed by atoms with Gasteiger partial charge in [0.25, 0.3) is 0 Å². The van der Waals surface area contributed by atoms with Crippen molar-refractivity contribution in [2.75, 3.05) is 23.0 Å². The Morgan fingerprint density at radius 2 is 2.19 bits per heavy atom. The molecule has 1 saturated carbocycles. The van der Waals surface area contributed by atoms with E-state index in [9.17, 15) is 8.42 Å². The predicted molar refractivity (Wildman–Crippen MR) is 84.3 cm³/mol. The van der Waals surface area contributed by atoms with E-state index in [0.29, 0.717) is 12.6 Å². The van der Waals surface area contributed by atoms with Crippen molar-refractivity contribution in [2.45, 2.75) is 45.3 Å². The van der Waals surface area contributed by atoms with Crippen LogP contribution in [0.25, 0.3) is 0 Å². The second-order valence-electron chi connectivity index (χ2n) is 6.30. The molecule has 1 atom stereocenters. The van der Waals surface area contributed by atoms with E-state index in [-0.39, 0.29) is 17.5 Å². The third kappa shape index (κ3) is 3.55. The molecule has 21 heavy (non-hydrogen) atoms. The number of pyridine rings is 1. The highest BCUT2D eigenvalue weighted by molar-refractivity contribution is 7.91. The van der Waals surface area contributed by atoms with Crippen LogP contribution in [0.3, 0.4) is 0 Å². The van der Waals surface area contributed by atoms with Gasteiger partial charge in [-0.3, -0.25) is 0 Å². The zero-order chi connectivity index (χ0) is 15.0. The van der Waals surface area contributed by atoms with Crippen molar-refractivity contribution < 1.29 is 8.42 Å². The fourth-order valence-corrected chi connectivity index (χ4v) is 4.44. The zero-order valence-corrected chi connectivity index (χ0v) is 13.5. The summed E-state index contributed by atoms with van der Waals surface area (Å²) in [7, 11) is -2.88. The smallest absolute Gasteiger partial charge is 0.154 e. The monoisotopic (exact) mass is 309 g/mol. The Balaban J connectivity index is 1.72. The van der Waals surface area contributed by atoms with Crippen molar-refractivity contribution in [3.8, 4) is 0 Å². The maximum atomic E-state index is 11.7. The summed E-state index contributed by atoms with van der Waals surface area (Å²) < 4.78 is 23.4. The van der Waals surface area contributed by atoms with Gasteiger partial charge < -0.3 is 10.2 Å². The van der Waals surface area contributed by atoms with Crippen LogP contribution < -0.4 is 10.2 Å². The Hall–Kier alpha value is -1.14. The highest BCUT2D eigenvalue weighted by Crippen LogP contribution is 2.24. The Bertz CT molecular complexity index is 626. The molecule has 1 saturated heterocycles. The Morgan fingerprint density at radius 3 is 2.81 bits per heavy atom. The number of nitrogens with one attached hydrogen (secondary N) is 1. The molecule has 0 radical (unpaired) electrons. The van der Waals surface area contributed by atoms with Crippen molar-refractivity contribution in [1.29, 1.82) is 0 Å². The predicted octanol–water partition coefficient (Wildman–Crippen LogP) is 1.27. The Kier molecular flexibility index (Phi) is 3.92. The van der Waals surface area contributed by atoms with Crippen molar-refractivity contribution >= 4 is 15.7 Å². The lowest BCUT2D eigenvalue weighted by Crippen LogP contribution is -2.47. The molecule has 6 heteroatoms. The summed E-state index contributed by atoms with van der Waals surface area (Å²) in [6, 6.07) is 2.84. The largest absolute Gasteiger partial charge is 0.352 e. The summed E-state index contributed by atoms with van der Waals surface area (Å²) in [5, 5.41) is 3.49. The lowest BCUT2D eigenvalue weighted by Gasteiger charge is -2.35. The Morgan fingerprint density at radius 1 is 1.43 bits per heavy atom. The van der Waals surface area contributed by atoms with E-state index >= 15 is 0 Å². The van der Waals surface area contributed by atoms with Crippen LogP contribution >= 0.6 is 0 Å². The minimum absolute atomic E-state index is 0.00890. The maximum absolute atomic E-state index is 11.7. The summed E-state index contributed by atoms with van der Waals surface area (Å²) in [5.74, 6) is 1.37. The first-order valence-corrected chi connectivity index (χ1v) is 9.43. The molecule has 1 N–H and O–H groups in total. The summed E-state index contributed by atoms with van der Waals surface area (Å²) in [6.45, 7) is 5.42. The minimum Gasteiger partial charge on any atom is -0.352 e. The van der Waals surface area contributed by atoms with Crippen LogP contribution in [-0.2, 0) is 16.4 Å². The average molecular weight is 309 g/mol. The summed E-state index contributed by atoms with van der Waals surface area (Å²) in [6.07, 6.45) is 4.47. The number of rotatable bonds is 4. The van der Waals surface area contributed by atoms with E-state index in [0.717, 1.165) is 17.9 Å². The molecule has 1 aliphatic carbocycles. The molecule has 1 aromatic rings. The third-order valence-electron chi connectivity index (χ3n) is 4.22. The van der Waals surface area contributed by atoms with Gasteiger partial charge in [-0.1, -0.05) is 0 Å². The average Bonchev–Trinajstić information content (AvgIpc) is 3.21. The van der Waals surface area contributed by atoms with Crippen molar-refractivity contribution in [1.82, 2.24) is 10.3 Å². The molecular weight excluding hydrogens is 286 g/mol. The van der Waals surface area contributed by atoms with Gasteiger partial charge >= 0.3 is 0 Å². The van der Waals surface area contributed by atoms with Gasteiger partial charge in [0.1, 0.15) is 5.82 Å². The second-order valence-corrected chi connectivity index (χ2v) is 8.52. The summed E-state index contributed by atoms with van der Waals surface area (Å²) in [4.78, 5) is 6.71. The number of hydrogen-bond acceptors (Lipinski definition) is 5. The van der Waals surface area contributed by atoms with Gasteiger partial charge in [-0.15, -0.1) is 0 Å². The van der Waals surface area contributed by atoms with Crippen LogP contribution in [0.2, 0.25) is 0 Å². The van der Waals surface area contributed by atoms with Crippen molar-refractivity contribution in [2.24, 2.45) is 0 Å². The fraction of sp³-hybridized carbons (Fsp3) is 0.667. The van der Waals surface area contributed by atoms with Gasteiger partial charge in [0, 0.05) is 31.4 Å². The number of hydrogen-bond donors (Lipinski definition) is 1. The summed E-state index contributed by atoms with van der Waals surface area (Å²) >= 11 is 0. The fourth-order valence-electron chi connectivity index (χ4n) is 2.89. The number of aromatic nitrogens is 1. The molecule has 0 spiro atoms. The highest BCUT2D eigenvalue weighted by Gasteiger charge is 2.29. The molecule has 2 aliphatic rings. The van der Waals surface area contributed by atoms with Crippen LogP contribution in [0.4, 0.5) is 5.82 Å². The van der Waals surface area contributed by atoms with Gasteiger partial charge in [-0.2, -0.15) is 0 Å². The van der Waals surface area contributed by atoms with E-state index in [1.54, 1.807) is 0 Å². The van der Waals surface area contributed by atoms with Crippen molar-refractivity contribution in [3.63, 3.8) is 0 Å². The molecular formula is C15H23N3O2S. The summed E-state index contributed by atoms with van der Waals surface area (Å²) in [5.41, 5.74) is 2.32. The van der Waals surface area contributed by atoms with Crippen LogP contribution in [-0.4, -0.2) is 43.5 Å². The number of anilines is 1. The third-order valence-corrected chi connectivity index (χ3v) is 6.02. The van der Waals surface area contributed by atoms with Crippen molar-refractivity contribution in [3.05, 3.63) is 23.4 Å². The molecule has 1 aromatic heterocycles. The SMILES string of the molecule is Cc1cc(CNC2CC2)cnc1N1CCS(=O)(=O)CC1C. The number of nitrogens with zero attached hydrogens (tertiary/aromatic N) is 2. The van der Waals surface area contributed by atoms with E-state index in [4.69, 9.17) is 0 Å². The zero-order valence-electron chi connectivity index (χ0n) is 12.7. The molecule has 116 valence electrons. The van der Waals surface area contributed by atoms with Crippen LogP contribution in [0.5, 0.6) is 0 Å². The van der Waals surface area contributed by atoms with Crippen LogP contribution in [0, 0.1) is 6.92 Å². The first-order valence-electron chi connectivity index (χ1n) is 7.60. The standard InChI is InChI=1S/C15H23N3O2S/c1-11-7-13(8-16-14-3-4-14)9-17-15(11)18-5-6-21(19,20)10-12(18)2/h7,9,12,14,16H,3-6,8,10H2,1-2H3. The van der Waals surface area contributed by atoms with Crippen LogP contribution in [0.1, 0.15) is 30.9 Å². The first-order chi connectivity index (χ1) is 9.94.